The van der Waals surface area contributed by atoms with Crippen molar-refractivity contribution in [3.63, 3.8) is 0 Å². The Labute approximate surface area is 120 Å². The number of nitrogens with zero attached hydrogens (tertiary/aromatic N) is 1. The van der Waals surface area contributed by atoms with Gasteiger partial charge in [-0.15, -0.1) is 0 Å². The van der Waals surface area contributed by atoms with E-state index in [0.29, 0.717) is 12.2 Å². The van der Waals surface area contributed by atoms with Gasteiger partial charge in [0.05, 0.1) is 23.3 Å². The van der Waals surface area contributed by atoms with Crippen LogP contribution in [0.2, 0.25) is 0 Å². The maximum Gasteiger partial charge on any atom is 0.155 e. The Kier molecular flexibility index (Phi) is 4.65. The molecule has 5 nitrogen and oxygen atoms in total. The topological polar surface area (TPSA) is 82.3 Å². The molecule has 1 aromatic rings. The van der Waals surface area contributed by atoms with Gasteiger partial charge in [0.1, 0.15) is 5.75 Å². The summed E-state index contributed by atoms with van der Waals surface area (Å²) in [7, 11) is -3.10. The first kappa shape index (κ1) is 15.3. The molecule has 1 aromatic heterocycles. The summed E-state index contributed by atoms with van der Waals surface area (Å²) in [4.78, 5) is 4.10. The maximum absolute atomic E-state index is 12.1. The lowest BCUT2D eigenvalue weighted by atomic mass is 10.0. The van der Waals surface area contributed by atoms with Crippen molar-refractivity contribution in [2.24, 2.45) is 5.73 Å². The molecular weight excluding hydrogens is 276 g/mol. The quantitative estimate of drug-likeness (QED) is 0.917. The molecule has 6 heteroatoms. The molecule has 20 heavy (non-hydrogen) atoms. The van der Waals surface area contributed by atoms with Crippen molar-refractivity contribution in [3.05, 3.63) is 24.0 Å². The van der Waals surface area contributed by atoms with Crippen molar-refractivity contribution < 1.29 is 13.2 Å². The summed E-state index contributed by atoms with van der Waals surface area (Å²) in [5.74, 6) is 0.863. The van der Waals surface area contributed by atoms with E-state index in [-0.39, 0.29) is 11.9 Å². The minimum Gasteiger partial charge on any atom is -0.489 e. The molecule has 112 valence electrons. The van der Waals surface area contributed by atoms with Gasteiger partial charge in [0, 0.05) is 12.2 Å². The molecule has 2 unspecified atom stereocenters. The van der Waals surface area contributed by atoms with Crippen LogP contribution in [0.15, 0.2) is 18.5 Å². The van der Waals surface area contributed by atoms with Crippen molar-refractivity contribution in [2.75, 3.05) is 5.75 Å². The number of hydrogen-bond acceptors (Lipinski definition) is 5. The first-order valence-electron chi connectivity index (χ1n) is 6.99. The third kappa shape index (κ3) is 3.49. The van der Waals surface area contributed by atoms with Gasteiger partial charge >= 0.3 is 0 Å². The number of sulfone groups is 1. The third-order valence-corrected chi connectivity index (χ3v) is 5.83. The number of rotatable bonds is 4. The van der Waals surface area contributed by atoms with Crippen LogP contribution in [0.5, 0.6) is 5.75 Å². The Morgan fingerprint density at radius 3 is 2.75 bits per heavy atom. The van der Waals surface area contributed by atoms with Gasteiger partial charge in [-0.1, -0.05) is 6.42 Å². The van der Waals surface area contributed by atoms with Crippen LogP contribution in [0.1, 0.15) is 44.7 Å². The van der Waals surface area contributed by atoms with Crippen LogP contribution in [-0.4, -0.2) is 30.5 Å². The number of hydrogen-bond donors (Lipinski definition) is 1. The molecule has 0 bridgehead atoms. The molecule has 1 fully saturated rings. The average molecular weight is 298 g/mol. The van der Waals surface area contributed by atoms with Crippen LogP contribution >= 0.6 is 0 Å². The summed E-state index contributed by atoms with van der Waals surface area (Å²) in [5.41, 5.74) is 6.89. The monoisotopic (exact) mass is 298 g/mol. The van der Waals surface area contributed by atoms with Crippen LogP contribution in [-0.2, 0) is 9.84 Å². The smallest absolute Gasteiger partial charge is 0.155 e. The average Bonchev–Trinajstić information content (AvgIpc) is 2.37. The largest absolute Gasteiger partial charge is 0.489 e. The van der Waals surface area contributed by atoms with Crippen LogP contribution in [0, 0.1) is 0 Å². The highest BCUT2D eigenvalue weighted by Crippen LogP contribution is 2.30. The summed E-state index contributed by atoms with van der Waals surface area (Å²) in [6, 6.07) is 1.26. The molecule has 0 spiro atoms. The summed E-state index contributed by atoms with van der Waals surface area (Å²) >= 11 is 0. The molecule has 0 radical (unpaired) electrons. The van der Waals surface area contributed by atoms with E-state index in [1.807, 2.05) is 13.8 Å². The predicted molar refractivity (Wildman–Crippen MR) is 78.4 cm³/mol. The van der Waals surface area contributed by atoms with Crippen molar-refractivity contribution in [1.82, 2.24) is 4.98 Å². The molecular formula is C14H22N2O3S. The minimum absolute atomic E-state index is 0.0432. The van der Waals surface area contributed by atoms with E-state index in [0.717, 1.165) is 18.4 Å². The Hall–Kier alpha value is -1.14. The molecule has 0 amide bonds. The number of pyridine rings is 1. The normalized spacial score (nSPS) is 23.5. The molecule has 1 aliphatic heterocycles. The second-order valence-corrected chi connectivity index (χ2v) is 7.89. The highest BCUT2D eigenvalue weighted by Gasteiger charge is 2.34. The minimum atomic E-state index is -3.10. The van der Waals surface area contributed by atoms with Gasteiger partial charge in [-0.05, 0) is 38.3 Å². The summed E-state index contributed by atoms with van der Waals surface area (Å²) < 4.78 is 29.8. The van der Waals surface area contributed by atoms with Gasteiger partial charge < -0.3 is 10.5 Å². The van der Waals surface area contributed by atoms with Gasteiger partial charge in [0.25, 0.3) is 0 Å². The van der Waals surface area contributed by atoms with Crippen LogP contribution < -0.4 is 10.5 Å². The molecule has 1 saturated heterocycles. The SMILES string of the molecule is CC(C)Oc1cncc(C(N)C2CCCCS2(=O)=O)c1. The Morgan fingerprint density at radius 1 is 1.35 bits per heavy atom. The number of aromatic nitrogens is 1. The fraction of sp³-hybridized carbons (Fsp3) is 0.643. The Bertz CT molecular complexity index is 557. The van der Waals surface area contributed by atoms with E-state index in [1.54, 1.807) is 18.5 Å². The Balaban J connectivity index is 2.22. The Morgan fingerprint density at radius 2 is 2.10 bits per heavy atom. The lowest BCUT2D eigenvalue weighted by Gasteiger charge is -2.27. The molecule has 2 heterocycles. The molecule has 0 aliphatic carbocycles. The second-order valence-electron chi connectivity index (χ2n) is 5.55. The fourth-order valence-corrected chi connectivity index (χ4v) is 4.59. The van der Waals surface area contributed by atoms with Gasteiger partial charge in [-0.3, -0.25) is 4.98 Å². The lowest BCUT2D eigenvalue weighted by molar-refractivity contribution is 0.241. The standard InChI is InChI=1S/C14H22N2O3S/c1-10(2)19-12-7-11(8-16-9-12)14(15)13-5-3-4-6-20(13,17)18/h7-10,13-14H,3-6,15H2,1-2H3. The summed E-state index contributed by atoms with van der Waals surface area (Å²) in [6.07, 6.45) is 5.56. The zero-order valence-corrected chi connectivity index (χ0v) is 12.8. The van der Waals surface area contributed by atoms with Crippen LogP contribution in [0.3, 0.4) is 0 Å². The van der Waals surface area contributed by atoms with E-state index in [9.17, 15) is 8.42 Å². The highest BCUT2D eigenvalue weighted by molar-refractivity contribution is 7.92. The van der Waals surface area contributed by atoms with Gasteiger partial charge in [0.2, 0.25) is 0 Å². The molecule has 2 N–H and O–H groups in total. The van der Waals surface area contributed by atoms with Crippen molar-refractivity contribution in [1.29, 1.82) is 0 Å². The van der Waals surface area contributed by atoms with Gasteiger partial charge in [-0.2, -0.15) is 0 Å². The lowest BCUT2D eigenvalue weighted by Crippen LogP contribution is -2.37. The zero-order chi connectivity index (χ0) is 14.8. The van der Waals surface area contributed by atoms with Crippen molar-refractivity contribution in [2.45, 2.75) is 50.5 Å². The molecule has 2 atom stereocenters. The van der Waals surface area contributed by atoms with Crippen LogP contribution in [0.4, 0.5) is 0 Å². The highest BCUT2D eigenvalue weighted by atomic mass is 32.2. The van der Waals surface area contributed by atoms with Gasteiger partial charge in [-0.25, -0.2) is 8.42 Å². The third-order valence-electron chi connectivity index (χ3n) is 3.52. The predicted octanol–water partition coefficient (Wildman–Crippen LogP) is 1.84. The van der Waals surface area contributed by atoms with Crippen molar-refractivity contribution in [3.8, 4) is 5.75 Å². The van der Waals surface area contributed by atoms with E-state index in [4.69, 9.17) is 10.5 Å². The molecule has 0 saturated carbocycles. The van der Waals surface area contributed by atoms with E-state index in [2.05, 4.69) is 4.98 Å². The van der Waals surface area contributed by atoms with E-state index in [1.165, 1.54) is 0 Å². The van der Waals surface area contributed by atoms with Crippen LogP contribution in [0.25, 0.3) is 0 Å². The van der Waals surface area contributed by atoms with E-state index < -0.39 is 21.1 Å². The van der Waals surface area contributed by atoms with Gasteiger partial charge in [0.15, 0.2) is 9.84 Å². The first-order valence-corrected chi connectivity index (χ1v) is 8.70. The number of nitrogens with two attached hydrogens (primary N) is 1. The second kappa shape index (κ2) is 6.10. The first-order chi connectivity index (χ1) is 9.40. The number of ether oxygens (including phenoxy) is 1. The molecule has 0 aromatic carbocycles. The summed E-state index contributed by atoms with van der Waals surface area (Å²) in [5, 5.41) is -0.507. The molecule has 2 rings (SSSR count). The maximum atomic E-state index is 12.1. The summed E-state index contributed by atoms with van der Waals surface area (Å²) in [6.45, 7) is 3.86. The van der Waals surface area contributed by atoms with Crippen molar-refractivity contribution >= 4 is 9.84 Å². The van der Waals surface area contributed by atoms with E-state index >= 15 is 0 Å². The zero-order valence-electron chi connectivity index (χ0n) is 12.0. The molecule has 1 aliphatic rings. The fourth-order valence-electron chi connectivity index (χ4n) is 2.55.